The van der Waals surface area contributed by atoms with Crippen LogP contribution in [-0.4, -0.2) is 59.8 Å². The first-order valence-corrected chi connectivity index (χ1v) is 8.02. The van der Waals surface area contributed by atoms with Gasteiger partial charge in [0.2, 0.25) is 0 Å². The minimum Gasteiger partial charge on any atom is -0.444 e. The molecular weight excluding hydrogens is 310 g/mol. The summed E-state index contributed by atoms with van der Waals surface area (Å²) in [7, 11) is 0. The lowest BCUT2D eigenvalue weighted by Gasteiger charge is -2.39. The largest absolute Gasteiger partial charge is 0.444 e. The summed E-state index contributed by atoms with van der Waals surface area (Å²) in [5.41, 5.74) is 5.71. The molecule has 1 saturated heterocycles. The van der Waals surface area contributed by atoms with E-state index in [4.69, 9.17) is 15.3 Å². The topological polar surface area (TPSA) is 85.1 Å². The second kappa shape index (κ2) is 7.63. The van der Waals surface area contributed by atoms with Crippen molar-refractivity contribution in [2.45, 2.75) is 32.4 Å². The smallest absolute Gasteiger partial charge is 0.410 e. The van der Waals surface area contributed by atoms with Crippen LogP contribution in [-0.2, 0) is 9.57 Å². The van der Waals surface area contributed by atoms with Crippen LogP contribution in [0.2, 0.25) is 0 Å². The van der Waals surface area contributed by atoms with Gasteiger partial charge in [-0.2, -0.15) is 0 Å². The Morgan fingerprint density at radius 3 is 2.46 bits per heavy atom. The number of nitrogens with zero attached hydrogens (tertiary/aromatic N) is 2. The zero-order chi connectivity index (χ0) is 17.7. The molecule has 1 aromatic rings. The van der Waals surface area contributed by atoms with Crippen LogP contribution in [0.5, 0.6) is 0 Å². The molecule has 1 unspecified atom stereocenters. The van der Waals surface area contributed by atoms with Crippen LogP contribution in [0.4, 0.5) is 4.79 Å². The van der Waals surface area contributed by atoms with Gasteiger partial charge in [-0.1, -0.05) is 18.2 Å². The van der Waals surface area contributed by atoms with Crippen molar-refractivity contribution in [3.8, 4) is 0 Å². The molecule has 7 heteroatoms. The number of hydroxylamine groups is 2. The molecule has 2 rings (SSSR count). The van der Waals surface area contributed by atoms with Crippen molar-refractivity contribution in [1.82, 2.24) is 9.96 Å². The summed E-state index contributed by atoms with van der Waals surface area (Å²) in [6.07, 6.45) is -0.380. The van der Waals surface area contributed by atoms with Crippen molar-refractivity contribution >= 4 is 12.1 Å². The number of hydrogen-bond donors (Lipinski definition) is 1. The molecule has 1 atom stereocenters. The number of nitrogens with two attached hydrogens (primary N) is 1. The number of piperazine rings is 1. The average molecular weight is 335 g/mol. The molecule has 24 heavy (non-hydrogen) atoms. The monoisotopic (exact) mass is 335 g/mol. The molecule has 1 aromatic carbocycles. The summed E-state index contributed by atoms with van der Waals surface area (Å²) in [5, 5.41) is 1.55. The lowest BCUT2D eigenvalue weighted by Crippen LogP contribution is -2.58. The van der Waals surface area contributed by atoms with Crippen molar-refractivity contribution in [3.05, 3.63) is 35.9 Å². The van der Waals surface area contributed by atoms with Gasteiger partial charge in [0.15, 0.2) is 0 Å². The predicted molar refractivity (Wildman–Crippen MR) is 89.2 cm³/mol. The Morgan fingerprint density at radius 1 is 1.21 bits per heavy atom. The van der Waals surface area contributed by atoms with Gasteiger partial charge in [-0.3, -0.25) is 0 Å². The summed E-state index contributed by atoms with van der Waals surface area (Å²) in [6, 6.07) is 8.50. The van der Waals surface area contributed by atoms with E-state index < -0.39 is 11.6 Å². The van der Waals surface area contributed by atoms with Crippen LogP contribution in [0.15, 0.2) is 30.3 Å². The summed E-state index contributed by atoms with van der Waals surface area (Å²) >= 11 is 0. The summed E-state index contributed by atoms with van der Waals surface area (Å²) in [6.45, 7) is 6.89. The predicted octanol–water partition coefficient (Wildman–Crippen LogP) is 1.64. The van der Waals surface area contributed by atoms with Crippen molar-refractivity contribution in [3.63, 3.8) is 0 Å². The van der Waals surface area contributed by atoms with E-state index in [0.29, 0.717) is 25.2 Å². The fourth-order valence-electron chi connectivity index (χ4n) is 2.38. The SMILES string of the molecule is CC(C)(C)OC(=O)N1CCN(OC(=O)c2ccccc2)C(CN)C1. The van der Waals surface area contributed by atoms with Gasteiger partial charge in [0.1, 0.15) is 5.60 Å². The van der Waals surface area contributed by atoms with E-state index in [-0.39, 0.29) is 18.7 Å². The van der Waals surface area contributed by atoms with Crippen LogP contribution in [0.3, 0.4) is 0 Å². The van der Waals surface area contributed by atoms with E-state index in [1.54, 1.807) is 34.2 Å². The van der Waals surface area contributed by atoms with Crippen molar-refractivity contribution < 1.29 is 19.2 Å². The van der Waals surface area contributed by atoms with Crippen LogP contribution < -0.4 is 5.73 Å². The molecule has 1 heterocycles. The minimum atomic E-state index is -0.549. The normalized spacial score (nSPS) is 19.0. The Bertz CT molecular complexity index is 571. The second-order valence-corrected chi connectivity index (χ2v) is 6.70. The first kappa shape index (κ1) is 18.2. The van der Waals surface area contributed by atoms with Gasteiger partial charge in [0.05, 0.1) is 18.2 Å². The molecule has 0 spiro atoms. The molecule has 2 N–H and O–H groups in total. The standard InChI is InChI=1S/C17H25N3O4/c1-17(2,3)23-16(22)19-9-10-20(14(11-18)12-19)24-15(21)13-7-5-4-6-8-13/h4-8,14H,9-12,18H2,1-3H3. The highest BCUT2D eigenvalue weighted by molar-refractivity contribution is 5.89. The fraction of sp³-hybridized carbons (Fsp3) is 0.529. The third-order valence-corrected chi connectivity index (χ3v) is 3.56. The molecule has 0 aliphatic carbocycles. The van der Waals surface area contributed by atoms with E-state index in [1.807, 2.05) is 26.8 Å². The van der Waals surface area contributed by atoms with Crippen molar-refractivity contribution in [2.24, 2.45) is 5.73 Å². The van der Waals surface area contributed by atoms with Crippen LogP contribution in [0, 0.1) is 0 Å². The highest BCUT2D eigenvalue weighted by Gasteiger charge is 2.33. The molecule has 7 nitrogen and oxygen atoms in total. The number of hydrogen-bond acceptors (Lipinski definition) is 6. The molecular formula is C17H25N3O4. The maximum Gasteiger partial charge on any atom is 0.410 e. The van der Waals surface area contributed by atoms with Crippen LogP contribution >= 0.6 is 0 Å². The average Bonchev–Trinajstić information content (AvgIpc) is 2.54. The van der Waals surface area contributed by atoms with Crippen molar-refractivity contribution in [1.29, 1.82) is 0 Å². The first-order valence-electron chi connectivity index (χ1n) is 8.02. The molecule has 0 saturated carbocycles. The van der Waals surface area contributed by atoms with Gasteiger partial charge in [0, 0.05) is 19.6 Å². The Morgan fingerprint density at radius 2 is 1.88 bits per heavy atom. The lowest BCUT2D eigenvalue weighted by atomic mass is 10.2. The number of rotatable bonds is 3. The van der Waals surface area contributed by atoms with Gasteiger partial charge in [-0.05, 0) is 32.9 Å². The number of amides is 1. The van der Waals surface area contributed by atoms with Gasteiger partial charge in [-0.25, -0.2) is 9.59 Å². The van der Waals surface area contributed by atoms with Crippen LogP contribution in [0.1, 0.15) is 31.1 Å². The van der Waals surface area contributed by atoms with Gasteiger partial charge in [-0.15, -0.1) is 5.06 Å². The minimum absolute atomic E-state index is 0.265. The number of carbonyl (C=O) groups excluding carboxylic acids is 2. The summed E-state index contributed by atoms with van der Waals surface area (Å²) in [4.78, 5) is 31.4. The number of carbonyl (C=O) groups is 2. The molecule has 0 radical (unpaired) electrons. The second-order valence-electron chi connectivity index (χ2n) is 6.70. The maximum absolute atomic E-state index is 12.2. The fourth-order valence-corrected chi connectivity index (χ4v) is 2.38. The summed E-state index contributed by atoms with van der Waals surface area (Å²) < 4.78 is 5.38. The molecule has 1 aliphatic rings. The summed E-state index contributed by atoms with van der Waals surface area (Å²) in [5.74, 6) is -0.431. The Hall–Kier alpha value is -2.12. The van der Waals surface area contributed by atoms with Gasteiger partial charge < -0.3 is 20.2 Å². The Labute approximate surface area is 142 Å². The maximum atomic E-state index is 12.2. The van der Waals surface area contributed by atoms with Gasteiger partial charge in [0.25, 0.3) is 0 Å². The lowest BCUT2D eigenvalue weighted by molar-refractivity contribution is -0.157. The highest BCUT2D eigenvalue weighted by atomic mass is 16.7. The van der Waals surface area contributed by atoms with Gasteiger partial charge >= 0.3 is 12.1 Å². The van der Waals surface area contributed by atoms with E-state index in [0.717, 1.165) is 0 Å². The Balaban J connectivity index is 1.95. The molecule has 1 aliphatic heterocycles. The third-order valence-electron chi connectivity index (χ3n) is 3.56. The number of ether oxygens (including phenoxy) is 1. The Kier molecular flexibility index (Phi) is 5.80. The molecule has 1 amide bonds. The number of benzene rings is 1. The first-order chi connectivity index (χ1) is 11.3. The van der Waals surface area contributed by atoms with Crippen LogP contribution in [0.25, 0.3) is 0 Å². The molecule has 132 valence electrons. The molecule has 0 aromatic heterocycles. The van der Waals surface area contributed by atoms with E-state index in [2.05, 4.69) is 0 Å². The zero-order valence-corrected chi connectivity index (χ0v) is 14.4. The highest BCUT2D eigenvalue weighted by Crippen LogP contribution is 2.16. The van der Waals surface area contributed by atoms with E-state index >= 15 is 0 Å². The molecule has 1 fully saturated rings. The van der Waals surface area contributed by atoms with Crippen molar-refractivity contribution in [2.75, 3.05) is 26.2 Å². The third kappa shape index (κ3) is 4.94. The van der Waals surface area contributed by atoms with E-state index in [1.165, 1.54) is 0 Å². The van der Waals surface area contributed by atoms with E-state index in [9.17, 15) is 9.59 Å². The molecule has 0 bridgehead atoms. The zero-order valence-electron chi connectivity index (χ0n) is 14.4. The quantitative estimate of drug-likeness (QED) is 0.904.